The van der Waals surface area contributed by atoms with Crippen LogP contribution in [-0.4, -0.2) is 13.4 Å². The first-order chi connectivity index (χ1) is 15.9. The molecule has 0 nitrogen and oxygen atoms in total. The summed E-state index contributed by atoms with van der Waals surface area (Å²) in [6.45, 7) is 0. The fraction of sp³-hybridized carbons (Fsp3) is 0.0385. The van der Waals surface area contributed by atoms with Gasteiger partial charge in [-0.2, -0.15) is 0 Å². The van der Waals surface area contributed by atoms with Crippen LogP contribution in [0.15, 0.2) is 121 Å². The van der Waals surface area contributed by atoms with E-state index in [2.05, 4.69) is 127 Å². The van der Waals surface area contributed by atoms with Crippen LogP contribution in [0.4, 0.5) is 17.3 Å². The number of benzene rings is 4. The Labute approximate surface area is 211 Å². The van der Waals surface area contributed by atoms with E-state index in [0.717, 1.165) is 6.16 Å². The van der Waals surface area contributed by atoms with Crippen molar-refractivity contribution in [3.8, 4) is 0 Å². The van der Waals surface area contributed by atoms with Crippen molar-refractivity contribution >= 4 is 44.3 Å². The van der Waals surface area contributed by atoms with Crippen molar-refractivity contribution < 1.29 is 33.8 Å². The molecule has 0 aliphatic rings. The molecule has 180 valence electrons. The van der Waals surface area contributed by atoms with Gasteiger partial charge in [0.05, 0.1) is 0 Å². The van der Waals surface area contributed by atoms with Crippen molar-refractivity contribution in [2.75, 3.05) is 6.16 Å². The Morgan fingerprint density at radius 1 is 0.500 bits per heavy atom. The summed E-state index contributed by atoms with van der Waals surface area (Å²) >= 11 is 0. The van der Waals surface area contributed by atoms with Crippen molar-refractivity contribution in [3.05, 3.63) is 127 Å². The average molecular weight is 543 g/mol. The van der Waals surface area contributed by atoms with Crippen LogP contribution < -0.4 is 21.2 Å². The summed E-state index contributed by atoms with van der Waals surface area (Å²) in [4.78, 5) is 0. The van der Waals surface area contributed by atoms with Gasteiger partial charge in [0.25, 0.3) is 0 Å². The van der Waals surface area contributed by atoms with Crippen molar-refractivity contribution in [3.63, 3.8) is 0 Å². The molecule has 4 rings (SSSR count). The third-order valence-corrected chi connectivity index (χ3v) is 9.59. The second-order valence-corrected chi connectivity index (χ2v) is 11.4. The van der Waals surface area contributed by atoms with Gasteiger partial charge in [-0.1, -0.05) is 140 Å². The third kappa shape index (κ3) is 9.71. The summed E-state index contributed by atoms with van der Waals surface area (Å²) in [7, 11) is -6.88. The predicted octanol–water partition coefficient (Wildman–Crippen LogP) is 6.71. The quantitative estimate of drug-likeness (QED) is 0.105. The average Bonchev–Trinajstić information content (AvgIpc) is 2.83. The van der Waals surface area contributed by atoms with E-state index >= 15 is 0 Å². The van der Waals surface area contributed by atoms with Gasteiger partial charge >= 0.3 is 7.25 Å². The molecule has 0 aliphatic heterocycles. The van der Waals surface area contributed by atoms with Gasteiger partial charge in [0, 0.05) is 16.5 Å². The second-order valence-electron chi connectivity index (χ2n) is 7.00. The number of hydrogen-bond donors (Lipinski definition) is 0. The maximum absolute atomic E-state index is 9.75. The molecule has 0 radical (unpaired) electrons. The first kappa shape index (κ1) is 28.3. The molecule has 0 spiro atoms. The standard InChI is InChI=1S/C26H23P2.BF4.Ni/c1-5-13-23(14-6-1)27(24-15-7-2-8-16-24)21-22-28(25-17-9-3-10-18-25)26-19-11-4-12-20-26;2-1(3,4)5;/h1-21H,22H2;;/q2*-1;. The molecule has 0 aliphatic carbocycles. The molecule has 4 aromatic carbocycles. The fourth-order valence-corrected chi connectivity index (χ4v) is 8.07. The SMILES string of the molecule is F[B-](F)(F)F.[Ni].c1ccc(P([CH-]CP(c2ccccc2)c2ccccc2)c2ccccc2)cc1. The number of hydrogen-bond acceptors (Lipinski definition) is 0. The van der Waals surface area contributed by atoms with Crippen LogP contribution in [0.2, 0.25) is 0 Å². The Morgan fingerprint density at radius 3 is 1.06 bits per heavy atom. The Balaban J connectivity index is 0.000000619. The Kier molecular flexibility index (Phi) is 12.0. The Hall–Kier alpha value is -1.98. The van der Waals surface area contributed by atoms with Crippen molar-refractivity contribution in [2.24, 2.45) is 0 Å². The van der Waals surface area contributed by atoms with Gasteiger partial charge in [-0.05, 0) is 10.6 Å². The summed E-state index contributed by atoms with van der Waals surface area (Å²) in [6, 6.07) is 43.8. The van der Waals surface area contributed by atoms with E-state index in [0.29, 0.717) is 0 Å². The maximum atomic E-state index is 9.75. The molecule has 8 heteroatoms. The summed E-state index contributed by atoms with van der Waals surface area (Å²) in [6.07, 6.45) is 3.66. The summed E-state index contributed by atoms with van der Waals surface area (Å²) in [5.74, 6) is 0. The number of rotatable bonds is 7. The van der Waals surface area contributed by atoms with Gasteiger partial charge in [-0.3, -0.25) is 6.16 Å². The second kappa shape index (κ2) is 14.4. The van der Waals surface area contributed by atoms with E-state index in [4.69, 9.17) is 0 Å². The summed E-state index contributed by atoms with van der Waals surface area (Å²) in [5, 5.41) is 5.71. The zero-order valence-corrected chi connectivity index (χ0v) is 20.9. The van der Waals surface area contributed by atoms with E-state index in [-0.39, 0.29) is 16.5 Å². The van der Waals surface area contributed by atoms with E-state index in [1.165, 1.54) is 21.2 Å². The smallest absolute Gasteiger partial charge is 0.418 e. The van der Waals surface area contributed by atoms with Gasteiger partial charge in [-0.25, -0.2) is 7.92 Å². The Morgan fingerprint density at radius 2 is 0.765 bits per heavy atom. The van der Waals surface area contributed by atoms with Crippen LogP contribution >= 0.6 is 15.8 Å². The molecule has 34 heavy (non-hydrogen) atoms. The van der Waals surface area contributed by atoms with Crippen LogP contribution in [0, 0.1) is 6.16 Å². The molecule has 0 amide bonds. The zero-order chi connectivity index (χ0) is 23.5. The van der Waals surface area contributed by atoms with Gasteiger partial charge in [0.15, 0.2) is 0 Å². The van der Waals surface area contributed by atoms with E-state index in [9.17, 15) is 17.3 Å². The summed E-state index contributed by atoms with van der Waals surface area (Å²) in [5.41, 5.74) is 0. The molecule has 0 saturated carbocycles. The van der Waals surface area contributed by atoms with Crippen molar-refractivity contribution in [1.82, 2.24) is 0 Å². The first-order valence-electron chi connectivity index (χ1n) is 10.4. The minimum atomic E-state index is -6.00. The van der Waals surface area contributed by atoms with E-state index in [1.54, 1.807) is 0 Å². The van der Waals surface area contributed by atoms with Crippen molar-refractivity contribution in [1.29, 1.82) is 0 Å². The van der Waals surface area contributed by atoms with Crippen LogP contribution in [0.1, 0.15) is 0 Å². The zero-order valence-electron chi connectivity index (χ0n) is 18.1. The molecule has 0 atom stereocenters. The normalized spacial score (nSPS) is 10.9. The Bertz CT molecular complexity index is 901. The first-order valence-corrected chi connectivity index (χ1v) is 13.3. The van der Waals surface area contributed by atoms with Crippen LogP contribution in [0.3, 0.4) is 0 Å². The maximum Gasteiger partial charge on any atom is 0.673 e. The van der Waals surface area contributed by atoms with E-state index < -0.39 is 23.1 Å². The van der Waals surface area contributed by atoms with Crippen LogP contribution in [0.5, 0.6) is 0 Å². The van der Waals surface area contributed by atoms with Gasteiger partial charge in [0.2, 0.25) is 0 Å². The molecule has 4 aromatic rings. The number of halogens is 4. The minimum absolute atomic E-state index is 0. The van der Waals surface area contributed by atoms with Crippen LogP contribution in [-0.2, 0) is 16.5 Å². The molecule has 0 bridgehead atoms. The molecule has 0 unspecified atom stereocenters. The predicted molar refractivity (Wildman–Crippen MR) is 137 cm³/mol. The molecule has 0 fully saturated rings. The van der Waals surface area contributed by atoms with Gasteiger partial charge in [0.1, 0.15) is 0 Å². The van der Waals surface area contributed by atoms with E-state index in [1.807, 2.05) is 0 Å². The fourth-order valence-electron chi connectivity index (χ4n) is 3.28. The topological polar surface area (TPSA) is 0 Å². The largest absolute Gasteiger partial charge is 0.673 e. The molecule has 0 aromatic heterocycles. The molecule has 0 heterocycles. The molecule has 0 N–H and O–H groups in total. The summed E-state index contributed by atoms with van der Waals surface area (Å²) < 4.78 is 39.0. The minimum Gasteiger partial charge on any atom is -0.418 e. The third-order valence-electron chi connectivity index (χ3n) is 4.65. The van der Waals surface area contributed by atoms with Gasteiger partial charge < -0.3 is 17.3 Å². The van der Waals surface area contributed by atoms with Crippen molar-refractivity contribution in [2.45, 2.75) is 0 Å². The molecular weight excluding hydrogens is 520 g/mol. The molecular formula is C26H23BF4NiP2-2. The molecule has 0 saturated heterocycles. The van der Waals surface area contributed by atoms with Crippen LogP contribution in [0.25, 0.3) is 0 Å². The van der Waals surface area contributed by atoms with Gasteiger partial charge in [-0.15, -0.1) is 6.16 Å². The monoisotopic (exact) mass is 542 g/mol.